The molecule has 0 fully saturated rings. The van der Waals surface area contributed by atoms with E-state index in [-0.39, 0.29) is 18.5 Å². The summed E-state index contributed by atoms with van der Waals surface area (Å²) in [4.78, 5) is 21.6. The Bertz CT molecular complexity index is 1210. The highest BCUT2D eigenvalue weighted by molar-refractivity contribution is 7.86. The number of nitrogens with zero attached hydrogens (tertiary/aromatic N) is 3. The summed E-state index contributed by atoms with van der Waals surface area (Å²) in [5.41, 5.74) is 12.5. The van der Waals surface area contributed by atoms with Crippen LogP contribution in [0.3, 0.4) is 0 Å². The monoisotopic (exact) mass is 481 g/mol. The minimum Gasteiger partial charge on any atom is -0.369 e. The molecule has 1 aliphatic heterocycles. The summed E-state index contributed by atoms with van der Waals surface area (Å²) < 4.78 is 34.6. The van der Waals surface area contributed by atoms with Crippen molar-refractivity contribution in [1.29, 1.82) is 0 Å². The van der Waals surface area contributed by atoms with Crippen LogP contribution >= 0.6 is 11.6 Å². The first-order valence-electron chi connectivity index (χ1n) is 9.24. The number of rotatable bonds is 5. The molecule has 13 heteroatoms. The predicted octanol–water partition coefficient (Wildman–Crippen LogP) is 2.51. The van der Waals surface area contributed by atoms with Crippen molar-refractivity contribution in [3.05, 3.63) is 53.1 Å². The summed E-state index contributed by atoms with van der Waals surface area (Å²) in [5.74, 6) is 0.262. The van der Waals surface area contributed by atoms with E-state index in [0.717, 1.165) is 12.1 Å². The van der Waals surface area contributed by atoms with Gasteiger partial charge in [-0.15, -0.1) is 3.89 Å². The van der Waals surface area contributed by atoms with Crippen molar-refractivity contribution >= 4 is 51.1 Å². The van der Waals surface area contributed by atoms with Crippen molar-refractivity contribution in [2.45, 2.75) is 31.0 Å². The van der Waals surface area contributed by atoms with E-state index in [4.69, 9.17) is 23.1 Å². The number of halogens is 2. The maximum absolute atomic E-state index is 12.9. The molecular weight excluding hydrogens is 461 g/mol. The molecule has 0 bridgehead atoms. The number of guanidine groups is 2. The zero-order chi connectivity index (χ0) is 23.7. The van der Waals surface area contributed by atoms with Gasteiger partial charge in [0.15, 0.2) is 0 Å². The van der Waals surface area contributed by atoms with Gasteiger partial charge in [-0.3, -0.25) is 4.90 Å². The Labute approximate surface area is 189 Å². The van der Waals surface area contributed by atoms with Gasteiger partial charge in [-0.1, -0.05) is 17.7 Å². The van der Waals surface area contributed by atoms with Gasteiger partial charge in [0.25, 0.3) is 0 Å². The van der Waals surface area contributed by atoms with Crippen molar-refractivity contribution in [1.82, 2.24) is 5.32 Å². The van der Waals surface area contributed by atoms with Crippen molar-refractivity contribution in [2.24, 2.45) is 21.5 Å². The maximum atomic E-state index is 12.9. The lowest BCUT2D eigenvalue weighted by Gasteiger charge is -2.38. The van der Waals surface area contributed by atoms with Crippen molar-refractivity contribution in [3.8, 4) is 0 Å². The summed E-state index contributed by atoms with van der Waals surface area (Å²) >= 11 is 6.39. The normalized spacial score (nSPS) is 15.6. The molecule has 32 heavy (non-hydrogen) atoms. The number of carbonyl (C=O) groups excluding carboxylic acids is 1. The molecule has 2 aromatic carbocycles. The first-order valence-corrected chi connectivity index (χ1v) is 11.0. The fourth-order valence-electron chi connectivity index (χ4n) is 3.12. The zero-order valence-corrected chi connectivity index (χ0v) is 18.7. The molecule has 6 N–H and O–H groups in total. The molecular formula is C19H21ClFN7O3S. The molecule has 0 saturated heterocycles. The summed E-state index contributed by atoms with van der Waals surface area (Å²) in [5, 5.41) is 5.53. The second-order valence-electron chi connectivity index (χ2n) is 7.32. The van der Waals surface area contributed by atoms with Crippen LogP contribution in [0.25, 0.3) is 0 Å². The number of hydrogen-bond acceptors (Lipinski definition) is 8. The molecule has 0 unspecified atom stereocenters. The van der Waals surface area contributed by atoms with Gasteiger partial charge in [0.1, 0.15) is 5.66 Å². The van der Waals surface area contributed by atoms with E-state index in [9.17, 15) is 17.1 Å². The number of aliphatic imine (C=N–C) groups is 2. The average molecular weight is 482 g/mol. The quantitative estimate of drug-likeness (QED) is 0.481. The molecule has 0 aliphatic carbocycles. The SMILES string of the molecule is CC1(C)N=C(N)N=C(N)N1c1ccc(CNC(=O)Nc2ccc(S(=O)(=O)F)cc2)c(Cl)c1. The van der Waals surface area contributed by atoms with Crippen molar-refractivity contribution in [2.75, 3.05) is 10.2 Å². The lowest BCUT2D eigenvalue weighted by atomic mass is 10.1. The van der Waals surface area contributed by atoms with Crippen molar-refractivity contribution in [3.63, 3.8) is 0 Å². The fourth-order valence-corrected chi connectivity index (χ4v) is 3.82. The molecule has 3 rings (SSSR count). The third-order valence-corrected chi connectivity index (χ3v) is 5.71. The minimum atomic E-state index is -4.80. The first-order chi connectivity index (χ1) is 14.9. The Morgan fingerprint density at radius 1 is 1.19 bits per heavy atom. The third-order valence-electron chi connectivity index (χ3n) is 4.52. The van der Waals surface area contributed by atoms with Gasteiger partial charge in [-0.05, 0) is 55.8 Å². The van der Waals surface area contributed by atoms with E-state index in [0.29, 0.717) is 22.0 Å². The first kappa shape index (κ1) is 23.3. The number of nitrogens with two attached hydrogens (primary N) is 2. The molecule has 0 saturated carbocycles. The highest BCUT2D eigenvalue weighted by Crippen LogP contribution is 2.30. The largest absolute Gasteiger partial charge is 0.369 e. The van der Waals surface area contributed by atoms with Crippen LogP contribution in [0, 0.1) is 0 Å². The number of urea groups is 1. The second kappa shape index (κ2) is 8.63. The van der Waals surface area contributed by atoms with Gasteiger partial charge < -0.3 is 22.1 Å². The summed E-state index contributed by atoms with van der Waals surface area (Å²) in [6.07, 6.45) is 0. The highest BCUT2D eigenvalue weighted by atomic mass is 35.5. The number of anilines is 2. The van der Waals surface area contributed by atoms with E-state index >= 15 is 0 Å². The minimum absolute atomic E-state index is 0.0858. The lowest BCUT2D eigenvalue weighted by molar-refractivity contribution is 0.251. The summed E-state index contributed by atoms with van der Waals surface area (Å²) in [6.45, 7) is 3.76. The lowest BCUT2D eigenvalue weighted by Crippen LogP contribution is -2.54. The number of carbonyl (C=O) groups is 1. The van der Waals surface area contributed by atoms with E-state index in [1.807, 2.05) is 13.8 Å². The Kier molecular flexibility index (Phi) is 6.28. The topological polar surface area (TPSA) is 155 Å². The van der Waals surface area contributed by atoms with Crippen LogP contribution in [-0.2, 0) is 16.8 Å². The summed E-state index contributed by atoms with van der Waals surface area (Å²) in [7, 11) is -4.80. The molecule has 0 spiro atoms. The molecule has 170 valence electrons. The van der Waals surface area contributed by atoms with Crippen LogP contribution in [0.2, 0.25) is 5.02 Å². The highest BCUT2D eigenvalue weighted by Gasteiger charge is 2.33. The Balaban J connectivity index is 1.65. The molecule has 1 aliphatic rings. The molecule has 2 amide bonds. The molecule has 0 atom stereocenters. The van der Waals surface area contributed by atoms with Gasteiger partial charge in [-0.25, -0.2) is 9.79 Å². The Morgan fingerprint density at radius 3 is 2.41 bits per heavy atom. The number of nitrogens with one attached hydrogen (secondary N) is 2. The van der Waals surface area contributed by atoms with Crippen LogP contribution in [0.1, 0.15) is 19.4 Å². The van der Waals surface area contributed by atoms with Gasteiger partial charge in [-0.2, -0.15) is 13.4 Å². The summed E-state index contributed by atoms with van der Waals surface area (Å²) in [6, 6.07) is 9.25. The molecule has 1 heterocycles. The standard InChI is InChI=1S/C19H21ClFN7O3S/c1-19(2)27-16(22)26-17(23)28(19)13-6-3-11(15(20)9-13)10-24-18(29)25-12-4-7-14(8-5-12)32(21,30)31/h3-9H,10H2,1-2H3,(H2,24,25,29)(H4,22,23,26,27). The van der Waals surface area contributed by atoms with Crippen LogP contribution < -0.4 is 27.0 Å². The Morgan fingerprint density at radius 2 is 1.84 bits per heavy atom. The zero-order valence-electron chi connectivity index (χ0n) is 17.1. The van der Waals surface area contributed by atoms with Crippen LogP contribution in [0.15, 0.2) is 57.3 Å². The molecule has 10 nitrogen and oxygen atoms in total. The molecule has 2 aromatic rings. The third kappa shape index (κ3) is 5.26. The second-order valence-corrected chi connectivity index (χ2v) is 9.07. The van der Waals surface area contributed by atoms with Gasteiger partial charge in [0, 0.05) is 22.9 Å². The van der Waals surface area contributed by atoms with E-state index in [1.165, 1.54) is 12.1 Å². The maximum Gasteiger partial charge on any atom is 0.332 e. The number of amides is 2. The van der Waals surface area contributed by atoms with Crippen LogP contribution in [-0.4, -0.2) is 32.0 Å². The Hall–Kier alpha value is -3.38. The van der Waals surface area contributed by atoms with Crippen LogP contribution in [0.4, 0.5) is 20.1 Å². The number of benzene rings is 2. The molecule has 0 radical (unpaired) electrons. The van der Waals surface area contributed by atoms with Gasteiger partial charge in [0.2, 0.25) is 11.9 Å². The van der Waals surface area contributed by atoms with E-state index in [1.54, 1.807) is 23.1 Å². The van der Waals surface area contributed by atoms with Gasteiger partial charge >= 0.3 is 16.3 Å². The average Bonchev–Trinajstić information content (AvgIpc) is 2.65. The van der Waals surface area contributed by atoms with E-state index in [2.05, 4.69) is 20.6 Å². The van der Waals surface area contributed by atoms with Crippen molar-refractivity contribution < 1.29 is 17.1 Å². The van der Waals surface area contributed by atoms with E-state index < -0.39 is 26.8 Å². The van der Waals surface area contributed by atoms with Crippen LogP contribution in [0.5, 0.6) is 0 Å². The fraction of sp³-hybridized carbons (Fsp3) is 0.211. The van der Waals surface area contributed by atoms with Gasteiger partial charge in [0.05, 0.1) is 4.90 Å². The smallest absolute Gasteiger partial charge is 0.332 e. The number of hydrogen-bond donors (Lipinski definition) is 4. The molecule has 0 aromatic heterocycles. The predicted molar refractivity (Wildman–Crippen MR) is 122 cm³/mol.